The fourth-order valence-electron chi connectivity index (χ4n) is 5.93. The highest BCUT2D eigenvalue weighted by molar-refractivity contribution is 6.31. The van der Waals surface area contributed by atoms with Crippen molar-refractivity contribution >= 4 is 40.9 Å². The highest BCUT2D eigenvalue weighted by Gasteiger charge is 2.26. The number of nitrogen functional groups attached to an aromatic ring is 2. The molecule has 1 amide bonds. The maximum atomic E-state index is 13.0. The average Bonchev–Trinajstić information content (AvgIpc) is 3.16. The van der Waals surface area contributed by atoms with Crippen LogP contribution in [0, 0.1) is 12.8 Å². The van der Waals surface area contributed by atoms with Crippen LogP contribution in [0.15, 0.2) is 48.5 Å². The number of nitrogens with one attached hydrogen (secondary N) is 2. The number of nitrogens with zero attached hydrogens (tertiary/aromatic N) is 3. The zero-order valence-electron chi connectivity index (χ0n) is 32.7. The molecule has 0 radical (unpaired) electrons. The normalized spacial score (nSPS) is 13.3. The first-order chi connectivity index (χ1) is 26.7. The third kappa shape index (κ3) is 17.7. The van der Waals surface area contributed by atoms with Crippen LogP contribution < -0.4 is 22.1 Å². The minimum Gasteiger partial charge on any atom is -0.481 e. The molecular formula is C40H60ClN7O8. The smallest absolute Gasteiger partial charge is 0.300 e. The van der Waals surface area contributed by atoms with Crippen LogP contribution in [0.4, 0.5) is 11.6 Å². The minimum absolute atomic E-state index is 0.0171. The molecule has 0 aliphatic heterocycles. The van der Waals surface area contributed by atoms with Gasteiger partial charge < -0.3 is 52.5 Å². The van der Waals surface area contributed by atoms with E-state index in [9.17, 15) is 24.9 Å². The number of carbonyl (C=O) groups is 3. The molecule has 3 aromatic rings. The molecule has 0 fully saturated rings. The Balaban J connectivity index is 0.00000258. The molecule has 1 heterocycles. The van der Waals surface area contributed by atoms with E-state index in [0.717, 1.165) is 50.2 Å². The second kappa shape index (κ2) is 25.8. The molecule has 0 saturated heterocycles. The van der Waals surface area contributed by atoms with Crippen LogP contribution in [0.2, 0.25) is 5.15 Å². The van der Waals surface area contributed by atoms with Crippen LogP contribution in [0.3, 0.4) is 0 Å². The molecule has 15 nitrogen and oxygen atoms in total. The average molecular weight is 802 g/mol. The first-order valence-corrected chi connectivity index (χ1v) is 19.3. The lowest BCUT2D eigenvalue weighted by Crippen LogP contribution is -2.46. The van der Waals surface area contributed by atoms with Crippen molar-refractivity contribution in [1.29, 1.82) is 0 Å². The number of aliphatic carboxylic acids is 1. The Kier molecular flexibility index (Phi) is 22.1. The number of carboxylic acid groups (broad SMARTS) is 1. The Hall–Kier alpha value is -4.22. The number of benzene rings is 2. The number of halogens is 1. The van der Waals surface area contributed by atoms with Crippen LogP contribution in [-0.4, -0.2) is 116 Å². The molecule has 0 aliphatic carbocycles. The van der Waals surface area contributed by atoms with Crippen molar-refractivity contribution < 1.29 is 39.9 Å². The monoisotopic (exact) mass is 801 g/mol. The lowest BCUT2D eigenvalue weighted by Gasteiger charge is -2.28. The van der Waals surface area contributed by atoms with E-state index in [2.05, 4.69) is 46.6 Å². The van der Waals surface area contributed by atoms with Gasteiger partial charge in [0.05, 0.1) is 12.7 Å². The number of hydrogen-bond acceptors (Lipinski definition) is 13. The molecule has 0 spiro atoms. The quantitative estimate of drug-likeness (QED) is 0.0466. The molecule has 1 aromatic heterocycles. The molecular weight excluding hydrogens is 742 g/mol. The minimum atomic E-state index is -1.45. The zero-order valence-corrected chi connectivity index (χ0v) is 33.4. The van der Waals surface area contributed by atoms with Crippen LogP contribution >= 0.6 is 11.6 Å². The number of aryl methyl sites for hydroxylation is 1. The van der Waals surface area contributed by atoms with Crippen molar-refractivity contribution in [2.75, 3.05) is 50.8 Å². The number of hydrogen-bond donors (Lipinski definition) is 9. The standard InChI is InChI=1S/C38H56ClN7O6.C2H4O2/c1-3-4-5-8-17-46(23-31(49)34(51)32(50)24-47)18-9-12-30(48)28-15-13-26(14-16-28)20-42-21-27(19-29-11-7-6-10-25(29)2)22-43-38(52)33-36(40)45-37(41)35(39)44-33;1-2(3)4/h6-7,10-11,13-16,27,31-32,34,42,47,49-51H,3-5,8-9,12,17-24H2,1-2H3,(H,43,52)(H4,40,41,45);1H3,(H,3,4)/t27-,31-,32+,34+;/m0./s1. The van der Waals surface area contributed by atoms with E-state index in [1.807, 2.05) is 41.3 Å². The van der Waals surface area contributed by atoms with E-state index in [1.165, 1.54) is 5.56 Å². The van der Waals surface area contributed by atoms with Gasteiger partial charge in [0.1, 0.15) is 12.2 Å². The third-order valence-corrected chi connectivity index (χ3v) is 9.38. The molecule has 310 valence electrons. The van der Waals surface area contributed by atoms with E-state index >= 15 is 0 Å². The number of anilines is 2. The van der Waals surface area contributed by atoms with Gasteiger partial charge in [0.25, 0.3) is 11.9 Å². The first kappa shape index (κ1) is 47.9. The van der Waals surface area contributed by atoms with Gasteiger partial charge in [-0.15, -0.1) is 0 Å². The molecule has 56 heavy (non-hydrogen) atoms. The Morgan fingerprint density at radius 3 is 2.20 bits per heavy atom. The van der Waals surface area contributed by atoms with Gasteiger partial charge in [-0.05, 0) is 61.9 Å². The summed E-state index contributed by atoms with van der Waals surface area (Å²) in [6.45, 7) is 7.53. The predicted molar refractivity (Wildman–Crippen MR) is 217 cm³/mol. The Morgan fingerprint density at radius 2 is 1.55 bits per heavy atom. The molecule has 0 saturated carbocycles. The Labute approximate surface area is 334 Å². The van der Waals surface area contributed by atoms with Gasteiger partial charge in [-0.2, -0.15) is 0 Å². The lowest BCUT2D eigenvalue weighted by molar-refractivity contribution is -0.134. The van der Waals surface area contributed by atoms with Gasteiger partial charge in [0, 0.05) is 45.1 Å². The number of unbranched alkanes of at least 4 members (excludes halogenated alkanes) is 3. The largest absolute Gasteiger partial charge is 0.481 e. The Bertz CT molecular complexity index is 1650. The van der Waals surface area contributed by atoms with Gasteiger partial charge in [-0.3, -0.25) is 14.4 Å². The summed E-state index contributed by atoms with van der Waals surface area (Å²) in [6.07, 6.45) is 1.70. The van der Waals surface area contributed by atoms with Gasteiger partial charge in [-0.1, -0.05) is 86.3 Å². The Morgan fingerprint density at radius 1 is 0.893 bits per heavy atom. The molecule has 4 atom stereocenters. The van der Waals surface area contributed by atoms with Crippen LogP contribution in [0.1, 0.15) is 89.9 Å². The fraction of sp³-hybridized carbons (Fsp3) is 0.525. The maximum Gasteiger partial charge on any atom is 0.300 e. The van der Waals surface area contributed by atoms with Gasteiger partial charge in [0.15, 0.2) is 28.3 Å². The molecule has 11 N–H and O–H groups in total. The van der Waals surface area contributed by atoms with Crippen molar-refractivity contribution in [2.45, 2.75) is 90.6 Å². The molecule has 0 unspecified atom stereocenters. The molecule has 0 aliphatic rings. The summed E-state index contributed by atoms with van der Waals surface area (Å²) in [5, 5.41) is 53.1. The van der Waals surface area contributed by atoms with Crippen molar-refractivity contribution in [2.24, 2.45) is 5.92 Å². The first-order valence-electron chi connectivity index (χ1n) is 19.0. The maximum absolute atomic E-state index is 13.0. The van der Waals surface area contributed by atoms with E-state index in [0.29, 0.717) is 51.1 Å². The molecule has 0 bridgehead atoms. The summed E-state index contributed by atoms with van der Waals surface area (Å²) in [6, 6.07) is 15.6. The highest BCUT2D eigenvalue weighted by atomic mass is 35.5. The number of aromatic nitrogens is 2. The summed E-state index contributed by atoms with van der Waals surface area (Å²) in [5.74, 6) is -1.42. The van der Waals surface area contributed by atoms with E-state index in [-0.39, 0.29) is 40.7 Å². The number of amides is 1. The zero-order chi connectivity index (χ0) is 41.6. The van der Waals surface area contributed by atoms with Crippen LogP contribution in [-0.2, 0) is 17.8 Å². The predicted octanol–water partition coefficient (Wildman–Crippen LogP) is 2.99. The lowest BCUT2D eigenvalue weighted by atomic mass is 9.95. The number of carbonyl (C=O) groups excluding carboxylic acids is 2. The van der Waals surface area contributed by atoms with Gasteiger partial charge >= 0.3 is 0 Å². The van der Waals surface area contributed by atoms with E-state index in [1.54, 1.807) is 0 Å². The number of aliphatic hydroxyl groups excluding tert-OH is 4. The SMILES string of the molecule is CC(=O)O.CCCCCCN(CCCC(=O)c1ccc(CNC[C@@H](CNC(=O)c2nc(Cl)c(N)nc2N)Cc2ccccc2C)cc1)C[C@H](O)[C@@H](O)[C@H](O)CO. The van der Waals surface area contributed by atoms with Crippen molar-refractivity contribution in [1.82, 2.24) is 25.5 Å². The van der Waals surface area contributed by atoms with Crippen molar-refractivity contribution in [3.05, 3.63) is 81.6 Å². The molecule has 3 rings (SSSR count). The topological polar surface area (TPSA) is 257 Å². The summed E-state index contributed by atoms with van der Waals surface area (Å²) in [7, 11) is 0. The van der Waals surface area contributed by atoms with Gasteiger partial charge in [-0.25, -0.2) is 9.97 Å². The summed E-state index contributed by atoms with van der Waals surface area (Å²) in [5.41, 5.74) is 15.4. The van der Waals surface area contributed by atoms with E-state index < -0.39 is 36.8 Å². The number of rotatable bonds is 24. The molecule has 2 aromatic carbocycles. The second-order valence-corrected chi connectivity index (χ2v) is 14.2. The highest BCUT2D eigenvalue weighted by Crippen LogP contribution is 2.18. The van der Waals surface area contributed by atoms with Crippen molar-refractivity contribution in [3.63, 3.8) is 0 Å². The number of carboxylic acids is 1. The number of ketones is 1. The summed E-state index contributed by atoms with van der Waals surface area (Å²) in [4.78, 5) is 44.9. The van der Waals surface area contributed by atoms with Crippen LogP contribution in [0.25, 0.3) is 0 Å². The third-order valence-electron chi connectivity index (χ3n) is 9.11. The van der Waals surface area contributed by atoms with Crippen molar-refractivity contribution in [3.8, 4) is 0 Å². The summed E-state index contributed by atoms with van der Waals surface area (Å²) >= 11 is 5.97. The number of Topliss-reactive ketones (excluding diaryl/α,β-unsaturated/α-hetero) is 1. The van der Waals surface area contributed by atoms with E-state index in [4.69, 9.17) is 38.1 Å². The van der Waals surface area contributed by atoms with Crippen LogP contribution in [0.5, 0.6) is 0 Å². The summed E-state index contributed by atoms with van der Waals surface area (Å²) < 4.78 is 0. The van der Waals surface area contributed by atoms with Gasteiger partial charge in [0.2, 0.25) is 0 Å². The second-order valence-electron chi connectivity index (χ2n) is 13.9. The number of aliphatic hydroxyl groups is 4. The fourth-order valence-corrected chi connectivity index (χ4v) is 6.05. The number of nitrogens with two attached hydrogens (primary N) is 2. The molecule has 16 heteroatoms.